The van der Waals surface area contributed by atoms with Crippen LogP contribution in [0.4, 0.5) is 10.5 Å². The Morgan fingerprint density at radius 1 is 1.10 bits per heavy atom. The number of nitrogens with one attached hydrogen (secondary N) is 2. The molecule has 2 aromatic carbocycles. The topological polar surface area (TPSA) is 61.4 Å². The van der Waals surface area contributed by atoms with Crippen LogP contribution < -0.4 is 10.6 Å². The lowest BCUT2D eigenvalue weighted by Crippen LogP contribution is -2.42. The van der Waals surface area contributed by atoms with Crippen LogP contribution in [-0.2, 0) is 0 Å². The van der Waals surface area contributed by atoms with E-state index in [1.807, 2.05) is 42.5 Å². The molecule has 0 bridgehead atoms. The van der Waals surface area contributed by atoms with Crippen molar-refractivity contribution < 1.29 is 9.90 Å². The van der Waals surface area contributed by atoms with Crippen LogP contribution in [0.15, 0.2) is 42.5 Å². The minimum atomic E-state index is -0.722. The summed E-state index contributed by atoms with van der Waals surface area (Å²) < 4.78 is 0. The van der Waals surface area contributed by atoms with Gasteiger partial charge in [-0.05, 0) is 35.7 Å². The average molecular weight is 284 g/mol. The van der Waals surface area contributed by atoms with Crippen LogP contribution in [-0.4, -0.2) is 23.3 Å². The van der Waals surface area contributed by atoms with E-state index in [9.17, 15) is 9.90 Å². The van der Waals surface area contributed by atoms with E-state index in [1.165, 1.54) is 0 Å². The molecule has 1 aliphatic carbocycles. The van der Waals surface area contributed by atoms with Gasteiger partial charge in [-0.25, -0.2) is 4.79 Å². The van der Waals surface area contributed by atoms with Gasteiger partial charge in [0.25, 0.3) is 0 Å². The first-order valence-corrected chi connectivity index (χ1v) is 7.41. The van der Waals surface area contributed by atoms with Crippen molar-refractivity contribution in [3.63, 3.8) is 0 Å². The maximum absolute atomic E-state index is 11.9. The monoisotopic (exact) mass is 284 g/mol. The molecule has 0 unspecified atom stereocenters. The molecule has 4 heteroatoms. The van der Waals surface area contributed by atoms with E-state index in [0.717, 1.165) is 42.1 Å². The summed E-state index contributed by atoms with van der Waals surface area (Å²) >= 11 is 0. The zero-order chi connectivity index (χ0) is 14.7. The number of amides is 2. The summed E-state index contributed by atoms with van der Waals surface area (Å²) in [7, 11) is 0. The summed E-state index contributed by atoms with van der Waals surface area (Å²) in [5.74, 6) is 0. The Balaban J connectivity index is 1.60. The third-order valence-corrected chi connectivity index (χ3v) is 4.12. The van der Waals surface area contributed by atoms with E-state index >= 15 is 0 Å². The molecule has 110 valence electrons. The molecule has 1 aliphatic rings. The summed E-state index contributed by atoms with van der Waals surface area (Å²) in [6, 6.07) is 13.5. The van der Waals surface area contributed by atoms with Crippen LogP contribution in [0.25, 0.3) is 10.8 Å². The molecule has 0 heterocycles. The fraction of sp³-hybridized carbons (Fsp3) is 0.353. The van der Waals surface area contributed by atoms with Crippen LogP contribution in [0.2, 0.25) is 0 Å². The van der Waals surface area contributed by atoms with Gasteiger partial charge >= 0.3 is 6.03 Å². The van der Waals surface area contributed by atoms with E-state index < -0.39 is 5.60 Å². The molecular weight excluding hydrogens is 264 g/mol. The minimum absolute atomic E-state index is 0.273. The lowest BCUT2D eigenvalue weighted by molar-refractivity contribution is 0.0506. The maximum Gasteiger partial charge on any atom is 0.319 e. The molecule has 0 saturated heterocycles. The second kappa shape index (κ2) is 5.74. The highest BCUT2D eigenvalue weighted by Gasteiger charge is 2.31. The van der Waals surface area contributed by atoms with Gasteiger partial charge in [0, 0.05) is 12.2 Å². The van der Waals surface area contributed by atoms with Crippen molar-refractivity contribution in [2.24, 2.45) is 0 Å². The van der Waals surface area contributed by atoms with Crippen LogP contribution >= 0.6 is 0 Å². The lowest BCUT2D eigenvalue weighted by atomic mass is 10.0. The Kier molecular flexibility index (Phi) is 3.80. The highest BCUT2D eigenvalue weighted by atomic mass is 16.3. The lowest BCUT2D eigenvalue weighted by Gasteiger charge is -2.22. The zero-order valence-corrected chi connectivity index (χ0v) is 11.9. The minimum Gasteiger partial charge on any atom is -0.388 e. The Morgan fingerprint density at radius 2 is 1.81 bits per heavy atom. The molecule has 21 heavy (non-hydrogen) atoms. The number of urea groups is 1. The normalized spacial score (nSPS) is 16.8. The highest BCUT2D eigenvalue weighted by molar-refractivity contribution is 5.93. The van der Waals surface area contributed by atoms with Gasteiger partial charge in [0.05, 0.1) is 5.60 Å². The Morgan fingerprint density at radius 3 is 2.57 bits per heavy atom. The summed E-state index contributed by atoms with van der Waals surface area (Å²) in [5, 5.41) is 18.0. The number of aliphatic hydroxyl groups is 1. The first kappa shape index (κ1) is 13.9. The van der Waals surface area contributed by atoms with Crippen LogP contribution in [0.1, 0.15) is 25.7 Å². The van der Waals surface area contributed by atoms with Crippen molar-refractivity contribution in [1.82, 2.24) is 5.32 Å². The van der Waals surface area contributed by atoms with Crippen LogP contribution in [0, 0.1) is 0 Å². The van der Waals surface area contributed by atoms with E-state index in [1.54, 1.807) is 0 Å². The first-order chi connectivity index (χ1) is 10.1. The van der Waals surface area contributed by atoms with Gasteiger partial charge in [0.15, 0.2) is 0 Å². The molecule has 0 radical (unpaired) electrons. The van der Waals surface area contributed by atoms with Gasteiger partial charge < -0.3 is 15.7 Å². The number of anilines is 1. The Labute approximate surface area is 124 Å². The number of rotatable bonds is 3. The summed E-state index contributed by atoms with van der Waals surface area (Å²) in [6.07, 6.45) is 3.60. The first-order valence-electron chi connectivity index (χ1n) is 7.41. The predicted octanol–water partition coefficient (Wildman–Crippen LogP) is 3.27. The quantitative estimate of drug-likeness (QED) is 0.810. The van der Waals surface area contributed by atoms with Gasteiger partial charge in [-0.15, -0.1) is 0 Å². The van der Waals surface area contributed by atoms with Gasteiger partial charge in [-0.1, -0.05) is 43.2 Å². The summed E-state index contributed by atoms with van der Waals surface area (Å²) in [5.41, 5.74) is 0.0328. The third kappa shape index (κ3) is 3.34. The average Bonchev–Trinajstić information content (AvgIpc) is 2.92. The number of hydrogen-bond acceptors (Lipinski definition) is 2. The molecule has 4 nitrogen and oxygen atoms in total. The van der Waals surface area contributed by atoms with E-state index in [2.05, 4.69) is 10.6 Å². The second-order valence-electron chi connectivity index (χ2n) is 5.80. The summed E-state index contributed by atoms with van der Waals surface area (Å²) in [6.45, 7) is 0.312. The van der Waals surface area contributed by atoms with Crippen molar-refractivity contribution in [3.8, 4) is 0 Å². The number of hydrogen-bond donors (Lipinski definition) is 3. The van der Waals surface area contributed by atoms with Crippen LogP contribution in [0.5, 0.6) is 0 Å². The van der Waals surface area contributed by atoms with E-state index in [-0.39, 0.29) is 6.03 Å². The van der Waals surface area contributed by atoms with Crippen molar-refractivity contribution in [2.75, 3.05) is 11.9 Å². The fourth-order valence-corrected chi connectivity index (χ4v) is 2.90. The second-order valence-corrected chi connectivity index (χ2v) is 5.80. The molecule has 0 atom stereocenters. The zero-order valence-electron chi connectivity index (χ0n) is 11.9. The molecule has 0 aromatic heterocycles. The van der Waals surface area contributed by atoms with Gasteiger partial charge in [-0.2, -0.15) is 0 Å². The van der Waals surface area contributed by atoms with Crippen molar-refractivity contribution >= 4 is 22.5 Å². The number of benzene rings is 2. The molecule has 1 fully saturated rings. The predicted molar refractivity (Wildman–Crippen MR) is 84.4 cm³/mol. The van der Waals surface area contributed by atoms with E-state index in [4.69, 9.17) is 0 Å². The van der Waals surface area contributed by atoms with Gasteiger partial charge in [0.2, 0.25) is 0 Å². The number of carbonyl (C=O) groups excluding carboxylic acids is 1. The van der Waals surface area contributed by atoms with Gasteiger partial charge in [-0.3, -0.25) is 0 Å². The molecule has 2 amide bonds. The van der Waals surface area contributed by atoms with Crippen molar-refractivity contribution in [2.45, 2.75) is 31.3 Å². The smallest absolute Gasteiger partial charge is 0.319 e. The Bertz CT molecular complexity index is 648. The molecule has 2 aromatic rings. The number of fused-ring (bicyclic) bond motifs is 1. The van der Waals surface area contributed by atoms with Gasteiger partial charge in [0.1, 0.15) is 0 Å². The van der Waals surface area contributed by atoms with E-state index in [0.29, 0.717) is 6.54 Å². The standard InChI is InChI=1S/C17H20N2O2/c20-16(18-12-17(21)9-3-4-10-17)19-15-8-7-13-5-1-2-6-14(13)11-15/h1-2,5-8,11,21H,3-4,9-10,12H2,(H2,18,19,20). The molecule has 3 N–H and O–H groups in total. The fourth-order valence-electron chi connectivity index (χ4n) is 2.90. The summed E-state index contributed by atoms with van der Waals surface area (Å²) in [4.78, 5) is 11.9. The molecule has 3 rings (SSSR count). The Hall–Kier alpha value is -2.07. The maximum atomic E-state index is 11.9. The number of carbonyl (C=O) groups is 1. The highest BCUT2D eigenvalue weighted by Crippen LogP contribution is 2.28. The van der Waals surface area contributed by atoms with Crippen molar-refractivity contribution in [1.29, 1.82) is 0 Å². The van der Waals surface area contributed by atoms with Crippen LogP contribution in [0.3, 0.4) is 0 Å². The molecule has 0 spiro atoms. The molecule has 0 aliphatic heterocycles. The molecular formula is C17H20N2O2. The largest absolute Gasteiger partial charge is 0.388 e. The third-order valence-electron chi connectivity index (χ3n) is 4.12. The SMILES string of the molecule is O=C(NCC1(O)CCCC1)Nc1ccc2ccccc2c1. The van der Waals surface area contributed by atoms with Crippen molar-refractivity contribution in [3.05, 3.63) is 42.5 Å². The molecule has 1 saturated carbocycles.